The molecule has 1 N–H and O–H groups in total. The molecule has 0 spiro atoms. The lowest BCUT2D eigenvalue weighted by atomic mass is 9.75. The number of benzene rings is 1. The number of carbonyl (C=O) groups is 3. The number of para-hydroxylation sites is 1. The van der Waals surface area contributed by atoms with Gasteiger partial charge < -0.3 is 5.11 Å². The highest BCUT2D eigenvalue weighted by Gasteiger charge is 2.38. The number of Topliss-reactive ketones (excluding diaryl/α,β-unsaturated/α-hetero) is 1. The lowest BCUT2D eigenvalue weighted by Crippen LogP contribution is -2.45. The van der Waals surface area contributed by atoms with Crippen molar-refractivity contribution < 1.29 is 19.5 Å². The third-order valence-corrected chi connectivity index (χ3v) is 5.48. The standard InChI is InChI=1S/C20H25NO4/c1-13-6-5-9-16(20(13)25)17(22)10-14-11-18(23)21(19(24)12-14)15-7-3-2-4-8-15/h2-4,7-8,13-14,16-17,22H,5-6,9-12H2,1H3. The fourth-order valence-corrected chi connectivity index (χ4v) is 4.10. The van der Waals surface area contributed by atoms with Gasteiger partial charge in [0.1, 0.15) is 5.78 Å². The van der Waals surface area contributed by atoms with Gasteiger partial charge in [-0.15, -0.1) is 0 Å². The van der Waals surface area contributed by atoms with Crippen molar-refractivity contribution in [1.29, 1.82) is 0 Å². The summed E-state index contributed by atoms with van der Waals surface area (Å²) in [5.41, 5.74) is 0.591. The molecule has 3 atom stereocenters. The van der Waals surface area contributed by atoms with Crippen LogP contribution in [0.15, 0.2) is 30.3 Å². The maximum absolute atomic E-state index is 12.4. The molecule has 2 fully saturated rings. The van der Waals surface area contributed by atoms with E-state index in [-0.39, 0.29) is 48.2 Å². The maximum Gasteiger partial charge on any atom is 0.234 e. The van der Waals surface area contributed by atoms with E-state index in [1.807, 2.05) is 13.0 Å². The van der Waals surface area contributed by atoms with Crippen LogP contribution in [-0.4, -0.2) is 28.8 Å². The summed E-state index contributed by atoms with van der Waals surface area (Å²) in [6.45, 7) is 1.91. The van der Waals surface area contributed by atoms with Crippen molar-refractivity contribution in [1.82, 2.24) is 0 Å². The molecular formula is C20H25NO4. The number of aliphatic hydroxyl groups is 1. The number of anilines is 1. The monoisotopic (exact) mass is 343 g/mol. The summed E-state index contributed by atoms with van der Waals surface area (Å²) in [7, 11) is 0. The number of hydrogen-bond acceptors (Lipinski definition) is 4. The zero-order chi connectivity index (χ0) is 18.0. The second-order valence-corrected chi connectivity index (χ2v) is 7.38. The Morgan fingerprint density at radius 3 is 2.36 bits per heavy atom. The molecule has 1 heterocycles. The van der Waals surface area contributed by atoms with Gasteiger partial charge in [0.15, 0.2) is 0 Å². The van der Waals surface area contributed by atoms with Gasteiger partial charge in [-0.3, -0.25) is 19.3 Å². The average molecular weight is 343 g/mol. The first-order valence-electron chi connectivity index (χ1n) is 9.10. The summed E-state index contributed by atoms with van der Waals surface area (Å²) in [6, 6.07) is 8.91. The number of piperidine rings is 1. The molecule has 134 valence electrons. The molecule has 5 nitrogen and oxygen atoms in total. The van der Waals surface area contributed by atoms with Crippen molar-refractivity contribution in [3.63, 3.8) is 0 Å². The van der Waals surface area contributed by atoms with Gasteiger partial charge in [0, 0.05) is 24.7 Å². The Morgan fingerprint density at radius 2 is 1.72 bits per heavy atom. The van der Waals surface area contributed by atoms with Crippen LogP contribution in [0.4, 0.5) is 5.69 Å². The third-order valence-electron chi connectivity index (χ3n) is 5.48. The molecule has 1 aromatic carbocycles. The second kappa shape index (κ2) is 7.48. The Labute approximate surface area is 148 Å². The van der Waals surface area contributed by atoms with Crippen LogP contribution in [-0.2, 0) is 14.4 Å². The van der Waals surface area contributed by atoms with Crippen molar-refractivity contribution in [2.75, 3.05) is 4.90 Å². The quantitative estimate of drug-likeness (QED) is 0.853. The molecule has 0 aromatic heterocycles. The largest absolute Gasteiger partial charge is 0.392 e. The van der Waals surface area contributed by atoms with Gasteiger partial charge in [0.2, 0.25) is 11.8 Å². The van der Waals surface area contributed by atoms with Gasteiger partial charge in [0.25, 0.3) is 0 Å². The van der Waals surface area contributed by atoms with Crippen molar-refractivity contribution in [3.05, 3.63) is 30.3 Å². The smallest absolute Gasteiger partial charge is 0.234 e. The normalized spacial score (nSPS) is 26.8. The molecular weight excluding hydrogens is 318 g/mol. The second-order valence-electron chi connectivity index (χ2n) is 7.38. The average Bonchev–Trinajstić information content (AvgIpc) is 2.57. The van der Waals surface area contributed by atoms with E-state index in [0.29, 0.717) is 18.5 Å². The Kier molecular flexibility index (Phi) is 5.33. The van der Waals surface area contributed by atoms with Gasteiger partial charge in [-0.25, -0.2) is 0 Å². The van der Waals surface area contributed by atoms with Gasteiger partial charge >= 0.3 is 0 Å². The maximum atomic E-state index is 12.4. The summed E-state index contributed by atoms with van der Waals surface area (Å²) in [4.78, 5) is 38.4. The van der Waals surface area contributed by atoms with E-state index in [1.165, 1.54) is 4.90 Å². The van der Waals surface area contributed by atoms with Crippen molar-refractivity contribution in [2.24, 2.45) is 17.8 Å². The Bertz CT molecular complexity index is 639. The summed E-state index contributed by atoms with van der Waals surface area (Å²) >= 11 is 0. The van der Waals surface area contributed by atoms with Crippen LogP contribution >= 0.6 is 0 Å². The van der Waals surface area contributed by atoms with Gasteiger partial charge in [-0.05, 0) is 37.3 Å². The lowest BCUT2D eigenvalue weighted by molar-refractivity contribution is -0.133. The molecule has 0 radical (unpaired) electrons. The number of aliphatic hydroxyl groups excluding tert-OH is 1. The number of ketones is 1. The van der Waals surface area contributed by atoms with E-state index < -0.39 is 6.10 Å². The fourth-order valence-electron chi connectivity index (χ4n) is 4.10. The van der Waals surface area contributed by atoms with Crippen LogP contribution in [0, 0.1) is 17.8 Å². The van der Waals surface area contributed by atoms with Crippen LogP contribution in [0.5, 0.6) is 0 Å². The molecule has 1 saturated carbocycles. The van der Waals surface area contributed by atoms with Crippen LogP contribution < -0.4 is 4.90 Å². The molecule has 1 aliphatic carbocycles. The first-order chi connectivity index (χ1) is 12.0. The lowest BCUT2D eigenvalue weighted by Gasteiger charge is -2.34. The number of rotatable bonds is 4. The number of amides is 2. The number of hydrogen-bond donors (Lipinski definition) is 1. The SMILES string of the molecule is CC1CCCC(C(O)CC2CC(=O)N(c3ccccc3)C(=O)C2)C1=O. The number of nitrogens with zero attached hydrogens (tertiary/aromatic N) is 1. The molecule has 3 unspecified atom stereocenters. The Hall–Kier alpha value is -2.01. The number of carbonyl (C=O) groups excluding carboxylic acids is 3. The van der Waals surface area contributed by atoms with E-state index >= 15 is 0 Å². The van der Waals surface area contributed by atoms with Crippen molar-refractivity contribution in [3.8, 4) is 0 Å². The van der Waals surface area contributed by atoms with E-state index in [0.717, 1.165) is 12.8 Å². The minimum absolute atomic E-state index is 0.00316. The molecule has 1 aromatic rings. The summed E-state index contributed by atoms with van der Waals surface area (Å²) in [5.74, 6) is -0.887. The predicted molar refractivity (Wildman–Crippen MR) is 93.8 cm³/mol. The van der Waals surface area contributed by atoms with Crippen molar-refractivity contribution >= 4 is 23.3 Å². The first kappa shape index (κ1) is 17.8. The molecule has 2 amide bonds. The van der Waals surface area contributed by atoms with Crippen molar-refractivity contribution in [2.45, 2.75) is 51.6 Å². The highest BCUT2D eigenvalue weighted by molar-refractivity contribution is 6.16. The predicted octanol–water partition coefficient (Wildman–Crippen LogP) is 2.71. The minimum atomic E-state index is -0.760. The molecule has 0 bridgehead atoms. The highest BCUT2D eigenvalue weighted by atomic mass is 16.3. The first-order valence-corrected chi connectivity index (χ1v) is 9.10. The molecule has 1 saturated heterocycles. The van der Waals surface area contributed by atoms with Crippen LogP contribution in [0.3, 0.4) is 0 Å². The minimum Gasteiger partial charge on any atom is -0.392 e. The van der Waals surface area contributed by atoms with E-state index in [4.69, 9.17) is 0 Å². The molecule has 5 heteroatoms. The van der Waals surface area contributed by atoms with E-state index in [1.54, 1.807) is 24.3 Å². The van der Waals surface area contributed by atoms with Crippen LogP contribution in [0.1, 0.15) is 45.4 Å². The van der Waals surface area contributed by atoms with Crippen LogP contribution in [0.25, 0.3) is 0 Å². The Balaban J connectivity index is 1.63. The fraction of sp³-hybridized carbons (Fsp3) is 0.550. The van der Waals surface area contributed by atoms with Gasteiger partial charge in [-0.2, -0.15) is 0 Å². The molecule has 25 heavy (non-hydrogen) atoms. The topological polar surface area (TPSA) is 74.7 Å². The van der Waals surface area contributed by atoms with Gasteiger partial charge in [-0.1, -0.05) is 31.5 Å². The van der Waals surface area contributed by atoms with Crippen LogP contribution in [0.2, 0.25) is 0 Å². The Morgan fingerprint density at radius 1 is 1.08 bits per heavy atom. The van der Waals surface area contributed by atoms with E-state index in [2.05, 4.69) is 0 Å². The zero-order valence-corrected chi connectivity index (χ0v) is 14.6. The number of imide groups is 1. The third kappa shape index (κ3) is 3.82. The highest BCUT2D eigenvalue weighted by Crippen LogP contribution is 2.33. The summed E-state index contributed by atoms with van der Waals surface area (Å²) in [6.07, 6.45) is 2.57. The zero-order valence-electron chi connectivity index (χ0n) is 14.6. The van der Waals surface area contributed by atoms with Gasteiger partial charge in [0.05, 0.1) is 11.8 Å². The molecule has 3 rings (SSSR count). The molecule has 1 aliphatic heterocycles. The van der Waals surface area contributed by atoms with E-state index in [9.17, 15) is 19.5 Å². The summed E-state index contributed by atoms with van der Waals surface area (Å²) < 4.78 is 0. The summed E-state index contributed by atoms with van der Waals surface area (Å²) in [5, 5.41) is 10.5. The molecule has 2 aliphatic rings.